The smallest absolute Gasteiger partial charge is 0.0477 e. The fourth-order valence-corrected chi connectivity index (χ4v) is 1.97. The number of rotatable bonds is 5. The number of halogens is 1. The molecule has 1 nitrogen and oxygen atoms in total. The largest absolute Gasteiger partial charge is 0.382 e. The van der Waals surface area contributed by atoms with Crippen molar-refractivity contribution in [3.63, 3.8) is 0 Å². The summed E-state index contributed by atoms with van der Waals surface area (Å²) in [6.45, 7) is 4.48. The van der Waals surface area contributed by atoms with Crippen LogP contribution in [0.1, 0.15) is 33.1 Å². The van der Waals surface area contributed by atoms with E-state index in [0.29, 0.717) is 6.04 Å². The van der Waals surface area contributed by atoms with Gasteiger partial charge in [-0.3, -0.25) is 0 Å². The second kappa shape index (κ2) is 6.27. The highest BCUT2D eigenvalue weighted by Gasteiger charge is 2.03. The minimum absolute atomic E-state index is 0.575. The zero-order chi connectivity index (χ0) is 10.4. The van der Waals surface area contributed by atoms with E-state index in [1.807, 2.05) is 0 Å². The Hall–Kier alpha value is -0.250. The van der Waals surface area contributed by atoms with E-state index in [-0.39, 0.29) is 0 Å². The topological polar surface area (TPSA) is 12.0 Å². The molecule has 1 atom stereocenters. The van der Waals surface area contributed by atoms with Crippen molar-refractivity contribution in [2.24, 2.45) is 0 Å². The summed E-state index contributed by atoms with van der Waals surface area (Å²) in [6, 6.07) is 9.01. The zero-order valence-corrected chi connectivity index (χ0v) is 11.0. The molecule has 2 heteroatoms. The lowest BCUT2D eigenvalue weighted by Gasteiger charge is -2.15. The van der Waals surface area contributed by atoms with E-state index < -0.39 is 0 Å². The van der Waals surface area contributed by atoms with Crippen molar-refractivity contribution in [2.45, 2.75) is 39.2 Å². The highest BCUT2D eigenvalue weighted by molar-refractivity contribution is 14.1. The summed E-state index contributed by atoms with van der Waals surface area (Å²) in [5.74, 6) is 0. The molecule has 0 aliphatic rings. The Kier molecular flexibility index (Phi) is 5.30. The first-order valence-corrected chi connectivity index (χ1v) is 6.33. The van der Waals surface area contributed by atoms with Crippen LogP contribution < -0.4 is 5.32 Å². The van der Waals surface area contributed by atoms with Crippen molar-refractivity contribution in [3.05, 3.63) is 27.8 Å². The van der Waals surface area contributed by atoms with Crippen LogP contribution in [0.25, 0.3) is 0 Å². The fraction of sp³-hybridized carbons (Fsp3) is 0.500. The summed E-state index contributed by atoms with van der Waals surface area (Å²) in [6.07, 6.45) is 3.83. The van der Waals surface area contributed by atoms with Crippen LogP contribution in [0.15, 0.2) is 24.3 Å². The van der Waals surface area contributed by atoms with Crippen molar-refractivity contribution in [1.82, 2.24) is 0 Å². The van der Waals surface area contributed by atoms with Crippen LogP contribution >= 0.6 is 22.6 Å². The Bertz CT molecular complexity index is 273. The summed E-state index contributed by atoms with van der Waals surface area (Å²) in [4.78, 5) is 0. The van der Waals surface area contributed by atoms with Gasteiger partial charge in [0.2, 0.25) is 0 Å². The maximum atomic E-state index is 3.54. The number of hydrogen-bond donors (Lipinski definition) is 1. The highest BCUT2D eigenvalue weighted by atomic mass is 127. The van der Waals surface area contributed by atoms with Gasteiger partial charge in [0.05, 0.1) is 0 Å². The van der Waals surface area contributed by atoms with Crippen LogP contribution in [-0.4, -0.2) is 6.04 Å². The molecule has 1 unspecified atom stereocenters. The van der Waals surface area contributed by atoms with Gasteiger partial charge in [0.1, 0.15) is 0 Å². The first-order chi connectivity index (χ1) is 6.74. The second-order valence-corrected chi connectivity index (χ2v) is 4.83. The number of benzene rings is 1. The van der Waals surface area contributed by atoms with Crippen LogP contribution in [0.4, 0.5) is 5.69 Å². The van der Waals surface area contributed by atoms with Gasteiger partial charge < -0.3 is 5.32 Å². The Morgan fingerprint density at radius 2 is 2.07 bits per heavy atom. The number of unbranched alkanes of at least 4 members (excludes halogenated alkanes) is 1. The fourth-order valence-electron chi connectivity index (χ4n) is 1.43. The van der Waals surface area contributed by atoms with Gasteiger partial charge >= 0.3 is 0 Å². The molecule has 0 aliphatic carbocycles. The summed E-state index contributed by atoms with van der Waals surface area (Å²) < 4.78 is 1.30. The summed E-state index contributed by atoms with van der Waals surface area (Å²) in [7, 11) is 0. The third kappa shape index (κ3) is 3.86. The molecule has 0 saturated carbocycles. The Morgan fingerprint density at radius 1 is 1.36 bits per heavy atom. The Balaban J connectivity index is 2.47. The van der Waals surface area contributed by atoms with Crippen molar-refractivity contribution < 1.29 is 0 Å². The average Bonchev–Trinajstić information content (AvgIpc) is 2.18. The molecule has 1 aromatic rings. The van der Waals surface area contributed by atoms with Crippen molar-refractivity contribution in [2.75, 3.05) is 5.32 Å². The molecular weight excluding hydrogens is 285 g/mol. The lowest BCUT2D eigenvalue weighted by molar-refractivity contribution is 0.645. The van der Waals surface area contributed by atoms with E-state index in [0.717, 1.165) is 0 Å². The molecule has 14 heavy (non-hydrogen) atoms. The van der Waals surface area contributed by atoms with Crippen LogP contribution in [0, 0.1) is 3.57 Å². The van der Waals surface area contributed by atoms with Gasteiger partial charge in [0.25, 0.3) is 0 Å². The van der Waals surface area contributed by atoms with Crippen molar-refractivity contribution in [3.8, 4) is 0 Å². The van der Waals surface area contributed by atoms with Gasteiger partial charge in [-0.15, -0.1) is 0 Å². The van der Waals surface area contributed by atoms with Crippen LogP contribution in [0.5, 0.6) is 0 Å². The monoisotopic (exact) mass is 303 g/mol. The molecule has 0 aromatic heterocycles. The lowest BCUT2D eigenvalue weighted by Crippen LogP contribution is -2.15. The highest BCUT2D eigenvalue weighted by Crippen LogP contribution is 2.18. The normalized spacial score (nSPS) is 12.5. The molecule has 0 amide bonds. The SMILES string of the molecule is CCCCC(C)Nc1ccccc1I. The molecule has 1 aromatic carbocycles. The van der Waals surface area contributed by atoms with Crippen molar-refractivity contribution >= 4 is 28.3 Å². The number of hydrogen-bond acceptors (Lipinski definition) is 1. The molecule has 0 fully saturated rings. The maximum Gasteiger partial charge on any atom is 0.0477 e. The predicted octanol–water partition coefficient (Wildman–Crippen LogP) is 4.28. The first kappa shape index (κ1) is 11.8. The molecule has 0 bridgehead atoms. The zero-order valence-electron chi connectivity index (χ0n) is 8.89. The first-order valence-electron chi connectivity index (χ1n) is 5.25. The van der Waals surface area contributed by atoms with Crippen LogP contribution in [0.3, 0.4) is 0 Å². The molecule has 1 rings (SSSR count). The standard InChI is InChI=1S/C12H18IN/c1-3-4-7-10(2)14-12-9-6-5-8-11(12)13/h5-6,8-10,14H,3-4,7H2,1-2H3. The molecule has 0 heterocycles. The average molecular weight is 303 g/mol. The maximum absolute atomic E-state index is 3.54. The van der Waals surface area contributed by atoms with Gasteiger partial charge in [0, 0.05) is 15.3 Å². The van der Waals surface area contributed by atoms with Gasteiger partial charge in [-0.1, -0.05) is 31.9 Å². The molecule has 1 N–H and O–H groups in total. The third-order valence-electron chi connectivity index (χ3n) is 2.27. The van der Waals surface area contributed by atoms with Crippen LogP contribution in [0.2, 0.25) is 0 Å². The third-order valence-corrected chi connectivity index (χ3v) is 3.21. The van der Waals surface area contributed by atoms with Crippen LogP contribution in [-0.2, 0) is 0 Å². The minimum Gasteiger partial charge on any atom is -0.382 e. The lowest BCUT2D eigenvalue weighted by atomic mass is 10.1. The number of para-hydroxylation sites is 1. The van der Waals surface area contributed by atoms with E-state index >= 15 is 0 Å². The van der Waals surface area contributed by atoms with E-state index in [9.17, 15) is 0 Å². The predicted molar refractivity (Wildman–Crippen MR) is 71.8 cm³/mol. The summed E-state index contributed by atoms with van der Waals surface area (Å²) in [5.41, 5.74) is 1.26. The molecule has 0 aliphatic heterocycles. The van der Waals surface area contributed by atoms with E-state index in [1.165, 1.54) is 28.5 Å². The van der Waals surface area contributed by atoms with E-state index in [4.69, 9.17) is 0 Å². The molecule has 0 saturated heterocycles. The quantitative estimate of drug-likeness (QED) is 0.801. The second-order valence-electron chi connectivity index (χ2n) is 3.67. The number of anilines is 1. The van der Waals surface area contributed by atoms with E-state index in [1.54, 1.807) is 0 Å². The Morgan fingerprint density at radius 3 is 2.71 bits per heavy atom. The summed E-state index contributed by atoms with van der Waals surface area (Å²) >= 11 is 2.37. The molecule has 0 spiro atoms. The number of nitrogens with one attached hydrogen (secondary N) is 1. The van der Waals surface area contributed by atoms with Gasteiger partial charge in [-0.2, -0.15) is 0 Å². The molecular formula is C12H18IN. The van der Waals surface area contributed by atoms with Gasteiger partial charge in [-0.05, 0) is 48.1 Å². The molecule has 78 valence electrons. The van der Waals surface area contributed by atoms with Gasteiger partial charge in [-0.25, -0.2) is 0 Å². The minimum atomic E-state index is 0.575. The van der Waals surface area contributed by atoms with E-state index in [2.05, 4.69) is 66.0 Å². The molecule has 0 radical (unpaired) electrons. The summed E-state index contributed by atoms with van der Waals surface area (Å²) in [5, 5.41) is 3.54. The van der Waals surface area contributed by atoms with Crippen molar-refractivity contribution in [1.29, 1.82) is 0 Å². The Labute approximate surface area is 100 Å². The van der Waals surface area contributed by atoms with Gasteiger partial charge in [0.15, 0.2) is 0 Å².